The molecule has 0 fully saturated rings. The largest absolute Gasteiger partial charge is 0.391 e. The van der Waals surface area contributed by atoms with Gasteiger partial charge in [0.1, 0.15) is 6.54 Å². The van der Waals surface area contributed by atoms with E-state index in [1.807, 2.05) is 0 Å². The summed E-state index contributed by atoms with van der Waals surface area (Å²) < 4.78 is 4.32. The number of aliphatic hydroxyl groups is 2. The van der Waals surface area contributed by atoms with Crippen molar-refractivity contribution >= 4 is 0 Å². The fourth-order valence-corrected chi connectivity index (χ4v) is 0.389. The maximum absolute atomic E-state index is 9.78. The summed E-state index contributed by atoms with van der Waals surface area (Å²) in [6, 6.07) is 0. The van der Waals surface area contributed by atoms with Crippen molar-refractivity contribution in [2.45, 2.75) is 12.5 Å². The first kappa shape index (κ1) is 10.1. The maximum Gasteiger partial charge on any atom is 0.215 e. The van der Waals surface area contributed by atoms with Crippen LogP contribution in [0.5, 0.6) is 0 Å². The number of hydrogen-bond donors (Lipinski definition) is 2. The Morgan fingerprint density at radius 1 is 1.45 bits per heavy atom. The van der Waals surface area contributed by atoms with Crippen LogP contribution in [-0.2, 0) is 4.74 Å². The van der Waals surface area contributed by atoms with Gasteiger partial charge in [-0.1, -0.05) is 5.18 Å². The first-order valence-corrected chi connectivity index (χ1v) is 2.80. The number of nitroso groups, excluding NO2 is 2. The predicted molar refractivity (Wildman–Crippen MR) is 34.4 cm³/mol. The zero-order chi connectivity index (χ0) is 8.69. The van der Waals surface area contributed by atoms with Crippen LogP contribution >= 0.6 is 0 Å². The Kier molecular flexibility index (Phi) is 5.35. The molecule has 0 spiro atoms. The van der Waals surface area contributed by atoms with Gasteiger partial charge in [0, 0.05) is 0 Å². The highest BCUT2D eigenvalue weighted by Gasteiger charge is 2.13. The minimum atomic E-state index is -1.50. The quantitative estimate of drug-likeness (QED) is 0.393. The van der Waals surface area contributed by atoms with E-state index in [0.29, 0.717) is 0 Å². The van der Waals surface area contributed by atoms with Crippen molar-refractivity contribution in [1.29, 1.82) is 0 Å². The van der Waals surface area contributed by atoms with Gasteiger partial charge in [-0.3, -0.25) is 0 Å². The van der Waals surface area contributed by atoms with Crippen LogP contribution in [0.25, 0.3) is 0 Å². The molecule has 2 N–H and O–H groups in total. The van der Waals surface area contributed by atoms with E-state index in [1.54, 1.807) is 0 Å². The number of nitrogens with zero attached hydrogens (tertiary/aromatic N) is 2. The molecule has 0 bridgehead atoms. The van der Waals surface area contributed by atoms with Gasteiger partial charge < -0.3 is 14.9 Å². The molecular weight excluding hydrogens is 156 g/mol. The second kappa shape index (κ2) is 5.83. The number of ether oxygens (including phenoxy) is 1. The van der Waals surface area contributed by atoms with Crippen molar-refractivity contribution in [3.63, 3.8) is 0 Å². The molecule has 0 aromatic rings. The fraction of sp³-hybridized carbons (Fsp3) is 1.00. The van der Waals surface area contributed by atoms with Crippen molar-refractivity contribution in [2.75, 3.05) is 13.2 Å². The molecule has 0 aromatic carbocycles. The summed E-state index contributed by atoms with van der Waals surface area (Å²) in [5.41, 5.74) is 0. The Hall–Kier alpha value is -0.920. The van der Waals surface area contributed by atoms with Crippen molar-refractivity contribution in [2.24, 2.45) is 10.4 Å². The molecule has 0 aromatic heterocycles. The Morgan fingerprint density at radius 3 is 2.45 bits per heavy atom. The van der Waals surface area contributed by atoms with Gasteiger partial charge in [0.15, 0.2) is 6.29 Å². The lowest BCUT2D eigenvalue weighted by Crippen LogP contribution is -2.25. The zero-order valence-electron chi connectivity index (χ0n) is 5.58. The minimum Gasteiger partial charge on any atom is -0.391 e. The van der Waals surface area contributed by atoms with Crippen LogP contribution in [0.2, 0.25) is 0 Å². The topological polar surface area (TPSA) is 109 Å². The lowest BCUT2D eigenvalue weighted by Gasteiger charge is -2.10. The third-order valence-corrected chi connectivity index (χ3v) is 0.819. The van der Waals surface area contributed by atoms with E-state index in [4.69, 9.17) is 10.2 Å². The molecule has 7 heteroatoms. The Bertz CT molecular complexity index is 130. The highest BCUT2D eigenvalue weighted by atomic mass is 16.6. The van der Waals surface area contributed by atoms with E-state index in [1.165, 1.54) is 0 Å². The van der Waals surface area contributed by atoms with Crippen LogP contribution < -0.4 is 0 Å². The molecule has 0 amide bonds. The van der Waals surface area contributed by atoms with Crippen LogP contribution in [-0.4, -0.2) is 35.9 Å². The summed E-state index contributed by atoms with van der Waals surface area (Å²) in [5, 5.41) is 21.5. The van der Waals surface area contributed by atoms with Crippen molar-refractivity contribution in [1.82, 2.24) is 0 Å². The highest BCUT2D eigenvalue weighted by molar-refractivity contribution is 4.56. The molecule has 0 saturated heterocycles. The van der Waals surface area contributed by atoms with Gasteiger partial charge in [-0.05, 0) is 5.18 Å². The van der Waals surface area contributed by atoms with Crippen LogP contribution in [0, 0.1) is 9.81 Å². The molecule has 0 aliphatic carbocycles. The van der Waals surface area contributed by atoms with Crippen LogP contribution in [0.15, 0.2) is 10.4 Å². The third kappa shape index (κ3) is 4.48. The number of aliphatic hydroxyl groups excluding tert-OH is 2. The van der Waals surface area contributed by atoms with Gasteiger partial charge in [0.2, 0.25) is 6.23 Å². The molecule has 11 heavy (non-hydrogen) atoms. The Labute approximate surface area is 61.9 Å². The van der Waals surface area contributed by atoms with Crippen LogP contribution in [0.4, 0.5) is 0 Å². The predicted octanol–water partition coefficient (Wildman–Crippen LogP) is -0.827. The van der Waals surface area contributed by atoms with Crippen molar-refractivity contribution in [3.05, 3.63) is 9.81 Å². The highest BCUT2D eigenvalue weighted by Crippen LogP contribution is 1.97. The molecule has 0 saturated carbocycles. The molecule has 64 valence electrons. The molecular formula is C4H8N2O5. The van der Waals surface area contributed by atoms with Gasteiger partial charge in [0.05, 0.1) is 6.61 Å². The van der Waals surface area contributed by atoms with E-state index in [0.717, 1.165) is 0 Å². The Balaban J connectivity index is 3.66. The summed E-state index contributed by atoms with van der Waals surface area (Å²) in [5.74, 6) is 0. The molecule has 0 heterocycles. The second-order valence-corrected chi connectivity index (χ2v) is 1.65. The average Bonchev–Trinajstić information content (AvgIpc) is 2.03. The van der Waals surface area contributed by atoms with Crippen LogP contribution in [0.3, 0.4) is 0 Å². The molecule has 2 unspecified atom stereocenters. The van der Waals surface area contributed by atoms with Gasteiger partial charge in [-0.15, -0.1) is 4.91 Å². The lowest BCUT2D eigenvalue weighted by molar-refractivity contribution is -0.151. The summed E-state index contributed by atoms with van der Waals surface area (Å²) in [6.07, 6.45) is -2.82. The summed E-state index contributed by atoms with van der Waals surface area (Å²) in [6.45, 7) is -1.13. The second-order valence-electron chi connectivity index (χ2n) is 1.65. The molecule has 2 atom stereocenters. The van der Waals surface area contributed by atoms with Gasteiger partial charge in [-0.25, -0.2) is 0 Å². The fourth-order valence-electron chi connectivity index (χ4n) is 0.389. The Morgan fingerprint density at radius 2 is 2.09 bits per heavy atom. The van der Waals surface area contributed by atoms with Crippen molar-refractivity contribution in [3.8, 4) is 0 Å². The van der Waals surface area contributed by atoms with Gasteiger partial charge in [-0.2, -0.15) is 4.91 Å². The number of hydrogen-bond acceptors (Lipinski definition) is 7. The third-order valence-electron chi connectivity index (χ3n) is 0.819. The summed E-state index contributed by atoms with van der Waals surface area (Å²) in [7, 11) is 0. The molecule has 7 nitrogen and oxygen atoms in total. The van der Waals surface area contributed by atoms with E-state index >= 15 is 0 Å². The summed E-state index contributed by atoms with van der Waals surface area (Å²) >= 11 is 0. The molecule has 0 rings (SSSR count). The molecule has 0 aliphatic rings. The average molecular weight is 164 g/mol. The maximum atomic E-state index is 9.78. The summed E-state index contributed by atoms with van der Waals surface area (Å²) in [4.78, 5) is 19.4. The van der Waals surface area contributed by atoms with E-state index in [9.17, 15) is 9.81 Å². The SMILES string of the molecule is O=NCC(N=O)OC(O)CO. The monoisotopic (exact) mass is 164 g/mol. The first-order chi connectivity index (χ1) is 5.24. The number of rotatable bonds is 6. The van der Waals surface area contributed by atoms with E-state index in [-0.39, 0.29) is 0 Å². The molecule has 0 aliphatic heterocycles. The molecule has 0 radical (unpaired) electrons. The van der Waals surface area contributed by atoms with Crippen molar-refractivity contribution < 1.29 is 14.9 Å². The van der Waals surface area contributed by atoms with E-state index in [2.05, 4.69) is 15.1 Å². The van der Waals surface area contributed by atoms with E-state index < -0.39 is 25.7 Å². The standard InChI is InChI=1S/C4H8N2O5/c7-2-4(8)11-3(6-10)1-5-9/h3-4,7-8H,1-2H2. The smallest absolute Gasteiger partial charge is 0.215 e. The zero-order valence-corrected chi connectivity index (χ0v) is 5.58. The van der Waals surface area contributed by atoms with Gasteiger partial charge in [0.25, 0.3) is 0 Å². The first-order valence-electron chi connectivity index (χ1n) is 2.80. The van der Waals surface area contributed by atoms with Gasteiger partial charge >= 0.3 is 0 Å². The van der Waals surface area contributed by atoms with Crippen LogP contribution in [0.1, 0.15) is 0 Å². The minimum absolute atomic E-state index is 0.472. The lowest BCUT2D eigenvalue weighted by atomic mass is 10.6. The normalized spacial score (nSPS) is 15.5.